The first-order chi connectivity index (χ1) is 16.3. The molecule has 0 bridgehead atoms. The van der Waals surface area contributed by atoms with Gasteiger partial charge in [-0.2, -0.15) is 0 Å². The van der Waals surface area contributed by atoms with Gasteiger partial charge in [-0.15, -0.1) is 0 Å². The number of piperidine rings is 1. The van der Waals surface area contributed by atoms with Crippen LogP contribution >= 0.6 is 0 Å². The topological polar surface area (TPSA) is 110 Å². The monoisotopic (exact) mass is 465 g/mol. The van der Waals surface area contributed by atoms with Gasteiger partial charge in [-0.25, -0.2) is 4.79 Å². The third kappa shape index (κ3) is 4.64. The van der Waals surface area contributed by atoms with Crippen molar-refractivity contribution in [3.05, 3.63) is 63.2 Å². The molecule has 0 radical (unpaired) electrons. The summed E-state index contributed by atoms with van der Waals surface area (Å²) in [6.07, 6.45) is 2.61. The Morgan fingerprint density at radius 3 is 2.32 bits per heavy atom. The van der Waals surface area contributed by atoms with Gasteiger partial charge < -0.3 is 14.5 Å². The average molecular weight is 466 g/mol. The third-order valence-corrected chi connectivity index (χ3v) is 6.40. The number of nitro groups is 1. The quantitative estimate of drug-likeness (QED) is 0.275. The number of nitro benzene ring substituents is 1. The number of anilines is 2. The van der Waals surface area contributed by atoms with Crippen molar-refractivity contribution >= 4 is 34.7 Å². The van der Waals surface area contributed by atoms with Gasteiger partial charge in [-0.3, -0.25) is 19.7 Å². The molecule has 0 spiro atoms. The van der Waals surface area contributed by atoms with Crippen molar-refractivity contribution in [3.8, 4) is 0 Å². The number of benzene rings is 2. The van der Waals surface area contributed by atoms with Crippen molar-refractivity contribution in [1.29, 1.82) is 0 Å². The highest BCUT2D eigenvalue weighted by Gasteiger charge is 2.27. The fraction of sp³-hybridized carbons (Fsp3) is 0.400. The number of carbonyl (C=O) groups excluding carboxylic acids is 3. The zero-order chi connectivity index (χ0) is 24.4. The molecule has 1 saturated heterocycles. The molecular weight excluding hydrogens is 438 g/mol. The summed E-state index contributed by atoms with van der Waals surface area (Å²) in [4.78, 5) is 52.1. The maximum atomic E-state index is 12.9. The molecule has 0 aliphatic carbocycles. The van der Waals surface area contributed by atoms with Crippen LogP contribution in [0.3, 0.4) is 0 Å². The van der Waals surface area contributed by atoms with Gasteiger partial charge in [0.2, 0.25) is 11.7 Å². The van der Waals surface area contributed by atoms with Gasteiger partial charge in [0.25, 0.3) is 5.69 Å². The number of esters is 1. The minimum atomic E-state index is -1.07. The molecule has 2 heterocycles. The molecule has 0 unspecified atom stereocenters. The first kappa shape index (κ1) is 23.4. The van der Waals surface area contributed by atoms with Gasteiger partial charge in [0.15, 0.2) is 6.10 Å². The van der Waals surface area contributed by atoms with Gasteiger partial charge in [0.05, 0.1) is 10.5 Å². The standard InChI is InChI=1S/C25H27N3O6/c1-16(24(30)19-6-8-21-18(14-19)10-13-27(21)17(2)29)34-25(31)20-7-9-22(23(15-20)28(32)33)26-11-4-3-5-12-26/h6-9,14-16H,3-5,10-13H2,1-2H3/t16-/m1/s1. The second-order valence-electron chi connectivity index (χ2n) is 8.68. The first-order valence-corrected chi connectivity index (χ1v) is 11.5. The number of hydrogen-bond acceptors (Lipinski definition) is 7. The Balaban J connectivity index is 1.48. The van der Waals surface area contributed by atoms with E-state index in [1.807, 2.05) is 4.90 Å². The minimum absolute atomic E-state index is 0.0261. The van der Waals surface area contributed by atoms with E-state index in [1.165, 1.54) is 26.0 Å². The van der Waals surface area contributed by atoms with E-state index in [-0.39, 0.29) is 22.9 Å². The van der Waals surface area contributed by atoms with Crippen LogP contribution in [-0.2, 0) is 16.0 Å². The Labute approximate surface area is 197 Å². The van der Waals surface area contributed by atoms with Crippen LogP contribution in [0.2, 0.25) is 0 Å². The highest BCUT2D eigenvalue weighted by Crippen LogP contribution is 2.32. The van der Waals surface area contributed by atoms with Crippen LogP contribution < -0.4 is 9.80 Å². The van der Waals surface area contributed by atoms with Crippen LogP contribution in [0.4, 0.5) is 17.1 Å². The van der Waals surface area contributed by atoms with E-state index in [1.54, 1.807) is 29.2 Å². The summed E-state index contributed by atoms with van der Waals surface area (Å²) in [5.74, 6) is -1.23. The molecule has 2 aromatic rings. The molecular formula is C25H27N3O6. The fourth-order valence-electron chi connectivity index (χ4n) is 4.60. The number of carbonyl (C=O) groups is 3. The number of Topliss-reactive ketones (excluding diaryl/α,β-unsaturated/α-hetero) is 1. The Bertz CT molecular complexity index is 1160. The van der Waals surface area contributed by atoms with Crippen molar-refractivity contribution in [3.63, 3.8) is 0 Å². The summed E-state index contributed by atoms with van der Waals surface area (Å²) in [5, 5.41) is 11.7. The molecule has 0 saturated carbocycles. The maximum Gasteiger partial charge on any atom is 0.339 e. The number of amides is 1. The highest BCUT2D eigenvalue weighted by molar-refractivity contribution is 6.03. The summed E-state index contributed by atoms with van der Waals surface area (Å²) < 4.78 is 5.36. The molecule has 1 fully saturated rings. The predicted molar refractivity (Wildman–Crippen MR) is 127 cm³/mol. The Morgan fingerprint density at radius 1 is 0.971 bits per heavy atom. The number of ketones is 1. The third-order valence-electron chi connectivity index (χ3n) is 6.40. The largest absolute Gasteiger partial charge is 0.451 e. The average Bonchev–Trinajstić information content (AvgIpc) is 3.27. The normalized spacial score (nSPS) is 16.1. The van der Waals surface area contributed by atoms with Crippen molar-refractivity contribution in [2.24, 2.45) is 0 Å². The van der Waals surface area contributed by atoms with Gasteiger partial charge in [0.1, 0.15) is 5.69 Å². The van der Waals surface area contributed by atoms with Crippen LogP contribution in [0.25, 0.3) is 0 Å². The lowest BCUT2D eigenvalue weighted by Gasteiger charge is -2.28. The lowest BCUT2D eigenvalue weighted by molar-refractivity contribution is -0.384. The summed E-state index contributed by atoms with van der Waals surface area (Å²) in [5.41, 5.74) is 2.43. The zero-order valence-electron chi connectivity index (χ0n) is 19.3. The summed E-state index contributed by atoms with van der Waals surface area (Å²) in [7, 11) is 0. The number of nitrogens with zero attached hydrogens (tertiary/aromatic N) is 3. The molecule has 1 amide bonds. The van der Waals surface area contributed by atoms with Crippen LogP contribution in [-0.4, -0.2) is 48.3 Å². The van der Waals surface area contributed by atoms with E-state index >= 15 is 0 Å². The molecule has 9 heteroatoms. The summed E-state index contributed by atoms with van der Waals surface area (Å²) >= 11 is 0. The van der Waals surface area contributed by atoms with E-state index < -0.39 is 17.0 Å². The van der Waals surface area contributed by atoms with Gasteiger partial charge in [0, 0.05) is 43.9 Å². The molecule has 0 N–H and O–H groups in total. The predicted octanol–water partition coefficient (Wildman–Crippen LogP) is 3.92. The first-order valence-electron chi connectivity index (χ1n) is 11.5. The maximum absolute atomic E-state index is 12.9. The molecule has 34 heavy (non-hydrogen) atoms. The molecule has 2 aromatic carbocycles. The summed E-state index contributed by atoms with van der Waals surface area (Å²) in [6, 6.07) is 9.37. The molecule has 2 aliphatic heterocycles. The van der Waals surface area contributed by atoms with Crippen LogP contribution in [0.1, 0.15) is 59.4 Å². The van der Waals surface area contributed by atoms with Gasteiger partial charge >= 0.3 is 5.97 Å². The van der Waals surface area contributed by atoms with E-state index in [0.717, 1.165) is 43.6 Å². The number of rotatable bonds is 6. The van der Waals surface area contributed by atoms with Crippen molar-refractivity contribution < 1.29 is 24.0 Å². The lowest BCUT2D eigenvalue weighted by atomic mass is 10.0. The minimum Gasteiger partial charge on any atom is -0.451 e. The number of hydrogen-bond donors (Lipinski definition) is 0. The van der Waals surface area contributed by atoms with Crippen LogP contribution in [0.5, 0.6) is 0 Å². The van der Waals surface area contributed by atoms with Gasteiger partial charge in [-0.05, 0) is 68.5 Å². The van der Waals surface area contributed by atoms with Gasteiger partial charge in [-0.1, -0.05) is 0 Å². The second kappa shape index (κ2) is 9.62. The van der Waals surface area contributed by atoms with Crippen molar-refractivity contribution in [2.75, 3.05) is 29.4 Å². The number of ether oxygens (including phenoxy) is 1. The Morgan fingerprint density at radius 2 is 1.65 bits per heavy atom. The van der Waals surface area contributed by atoms with Crippen LogP contribution in [0.15, 0.2) is 36.4 Å². The molecule has 1 atom stereocenters. The zero-order valence-corrected chi connectivity index (χ0v) is 19.3. The molecule has 178 valence electrons. The fourth-order valence-corrected chi connectivity index (χ4v) is 4.60. The van der Waals surface area contributed by atoms with E-state index in [9.17, 15) is 24.5 Å². The van der Waals surface area contributed by atoms with E-state index in [4.69, 9.17) is 4.74 Å². The van der Waals surface area contributed by atoms with Crippen molar-refractivity contribution in [2.45, 2.75) is 45.6 Å². The molecule has 0 aromatic heterocycles. The smallest absolute Gasteiger partial charge is 0.339 e. The highest BCUT2D eigenvalue weighted by atomic mass is 16.6. The van der Waals surface area contributed by atoms with E-state index in [0.29, 0.717) is 24.2 Å². The Hall–Kier alpha value is -3.75. The van der Waals surface area contributed by atoms with Crippen LogP contribution in [0, 0.1) is 10.1 Å². The van der Waals surface area contributed by atoms with Crippen molar-refractivity contribution in [1.82, 2.24) is 0 Å². The SMILES string of the molecule is CC(=O)N1CCc2cc(C(=O)[C@@H](C)OC(=O)c3ccc(N4CCCCC4)c([N+](=O)[O-])c3)ccc21. The second-order valence-corrected chi connectivity index (χ2v) is 8.68. The Kier molecular flexibility index (Phi) is 6.63. The number of fused-ring (bicyclic) bond motifs is 1. The molecule has 9 nitrogen and oxygen atoms in total. The summed E-state index contributed by atoms with van der Waals surface area (Å²) in [6.45, 7) is 5.02. The lowest BCUT2D eigenvalue weighted by Crippen LogP contribution is -2.30. The molecule has 4 rings (SSSR count). The van der Waals surface area contributed by atoms with E-state index in [2.05, 4.69) is 0 Å². The molecule has 2 aliphatic rings.